The number of Topliss-reactive ketones (excluding diaryl/α,β-unsaturated/α-hetero) is 1. The van der Waals surface area contributed by atoms with Gasteiger partial charge in [0.15, 0.2) is 0 Å². The average Bonchev–Trinajstić information content (AvgIpc) is 2.21. The fourth-order valence-electron chi connectivity index (χ4n) is 1.69. The molecule has 1 N–H and O–H groups in total. The molecule has 1 aliphatic rings. The number of esters is 2. The van der Waals surface area contributed by atoms with E-state index in [1.807, 2.05) is 0 Å². The Morgan fingerprint density at radius 3 is 1.88 bits per heavy atom. The molecule has 1 saturated heterocycles. The Kier molecular flexibility index (Phi) is 2.97. The zero-order chi connectivity index (χ0) is 12.5. The van der Waals surface area contributed by atoms with Crippen LogP contribution in [-0.2, 0) is 28.7 Å². The van der Waals surface area contributed by atoms with Crippen molar-refractivity contribution < 1.29 is 28.7 Å². The highest BCUT2D eigenvalue weighted by molar-refractivity contribution is 6.24. The average molecular weight is 229 g/mol. The van der Waals surface area contributed by atoms with Gasteiger partial charge in [-0.15, -0.1) is 0 Å². The van der Waals surface area contributed by atoms with Crippen LogP contribution >= 0.6 is 0 Å². The molecule has 0 spiro atoms. The van der Waals surface area contributed by atoms with Gasteiger partial charge in [-0.05, 0) is 6.92 Å². The number of carbonyl (C=O) groups is 4. The van der Waals surface area contributed by atoms with E-state index in [0.717, 1.165) is 21.1 Å². The Hall–Kier alpha value is -1.92. The Morgan fingerprint density at radius 1 is 1.19 bits per heavy atom. The maximum atomic E-state index is 11.5. The quantitative estimate of drug-likeness (QED) is 0.355. The highest BCUT2D eigenvalue weighted by atomic mass is 16.5. The van der Waals surface area contributed by atoms with Crippen molar-refractivity contribution in [2.45, 2.75) is 12.5 Å². The number of hydrogen-bond acceptors (Lipinski definition) is 6. The number of ketones is 1. The summed E-state index contributed by atoms with van der Waals surface area (Å²) in [7, 11) is 2.10. The molecule has 0 aromatic heterocycles. The Morgan fingerprint density at radius 2 is 1.62 bits per heavy atom. The molecule has 7 nitrogen and oxygen atoms in total. The minimum Gasteiger partial charge on any atom is -0.467 e. The van der Waals surface area contributed by atoms with Gasteiger partial charge in [0.25, 0.3) is 5.54 Å². The van der Waals surface area contributed by atoms with Crippen molar-refractivity contribution in [3.05, 3.63) is 0 Å². The van der Waals surface area contributed by atoms with Crippen molar-refractivity contribution in [2.75, 3.05) is 14.2 Å². The molecule has 0 saturated carbocycles. The lowest BCUT2D eigenvalue weighted by Crippen LogP contribution is -2.79. The summed E-state index contributed by atoms with van der Waals surface area (Å²) in [6.07, 6.45) is 0. The van der Waals surface area contributed by atoms with Gasteiger partial charge in [-0.1, -0.05) is 0 Å². The van der Waals surface area contributed by atoms with Crippen molar-refractivity contribution in [1.29, 1.82) is 0 Å². The number of hydrogen-bond donors (Lipinski definition) is 1. The maximum absolute atomic E-state index is 11.5. The van der Waals surface area contributed by atoms with Crippen LogP contribution in [0.2, 0.25) is 0 Å². The predicted octanol–water partition coefficient (Wildman–Crippen LogP) is -1.59. The fourth-order valence-corrected chi connectivity index (χ4v) is 1.69. The number of ether oxygens (including phenoxy) is 2. The van der Waals surface area contributed by atoms with Crippen LogP contribution in [0.4, 0.5) is 0 Å². The topological polar surface area (TPSA) is 98.8 Å². The van der Waals surface area contributed by atoms with Gasteiger partial charge in [-0.3, -0.25) is 9.59 Å². The summed E-state index contributed by atoms with van der Waals surface area (Å²) < 4.78 is 8.80. The summed E-state index contributed by atoms with van der Waals surface area (Å²) >= 11 is 0. The maximum Gasteiger partial charge on any atom is 0.344 e. The molecule has 0 aromatic carbocycles. The first-order valence-corrected chi connectivity index (χ1v) is 4.41. The van der Waals surface area contributed by atoms with Gasteiger partial charge in [-0.2, -0.15) is 0 Å². The van der Waals surface area contributed by atoms with E-state index in [0.29, 0.717) is 0 Å². The summed E-state index contributed by atoms with van der Waals surface area (Å²) in [6.45, 7) is 1.12. The van der Waals surface area contributed by atoms with Crippen molar-refractivity contribution in [1.82, 2.24) is 5.32 Å². The first-order valence-electron chi connectivity index (χ1n) is 4.41. The molecule has 1 heterocycles. The van der Waals surface area contributed by atoms with Crippen LogP contribution < -0.4 is 5.32 Å². The van der Waals surface area contributed by atoms with E-state index in [2.05, 4.69) is 14.8 Å². The Bertz CT molecular complexity index is 350. The van der Waals surface area contributed by atoms with Gasteiger partial charge in [0.05, 0.1) is 14.2 Å². The first kappa shape index (κ1) is 12.2. The van der Waals surface area contributed by atoms with E-state index >= 15 is 0 Å². The van der Waals surface area contributed by atoms with Gasteiger partial charge in [0, 0.05) is 0 Å². The van der Waals surface area contributed by atoms with E-state index in [9.17, 15) is 19.2 Å². The highest BCUT2D eigenvalue weighted by Gasteiger charge is 2.68. The lowest BCUT2D eigenvalue weighted by Gasteiger charge is -2.42. The summed E-state index contributed by atoms with van der Waals surface area (Å²) in [5.41, 5.74) is -2.02. The van der Waals surface area contributed by atoms with Crippen LogP contribution in [0, 0.1) is 5.92 Å². The van der Waals surface area contributed by atoms with E-state index < -0.39 is 35.1 Å². The highest BCUT2D eigenvalue weighted by Crippen LogP contribution is 2.31. The second-order valence-electron chi connectivity index (χ2n) is 3.32. The van der Waals surface area contributed by atoms with E-state index in [1.54, 1.807) is 0 Å². The summed E-state index contributed by atoms with van der Waals surface area (Å²) in [6, 6.07) is 0. The molecule has 0 aromatic rings. The van der Waals surface area contributed by atoms with Crippen LogP contribution in [0.1, 0.15) is 6.92 Å². The van der Waals surface area contributed by atoms with Crippen LogP contribution in [0.3, 0.4) is 0 Å². The van der Waals surface area contributed by atoms with Gasteiger partial charge in [0.1, 0.15) is 11.7 Å². The van der Waals surface area contributed by atoms with E-state index in [-0.39, 0.29) is 0 Å². The molecule has 1 atom stereocenters. The minimum absolute atomic E-state index is 0.598. The van der Waals surface area contributed by atoms with Crippen molar-refractivity contribution in [2.24, 2.45) is 5.92 Å². The molecule has 0 radical (unpaired) electrons. The smallest absolute Gasteiger partial charge is 0.344 e. The van der Waals surface area contributed by atoms with Gasteiger partial charge in [-0.25, -0.2) is 9.59 Å². The normalized spacial score (nSPS) is 21.4. The Labute approximate surface area is 91.1 Å². The molecular weight excluding hydrogens is 218 g/mol. The molecule has 88 valence electrons. The first-order chi connectivity index (χ1) is 7.41. The molecule has 7 heteroatoms. The third kappa shape index (κ3) is 1.36. The third-order valence-electron chi connectivity index (χ3n) is 2.44. The fraction of sp³-hybridized carbons (Fsp3) is 0.556. The molecule has 0 aliphatic carbocycles. The number of amides is 1. The standard InChI is InChI=1S/C9H11NO6/c1-4(11)5-6(12)10-9(5,7(13)15-2)8(14)16-3/h5H,1-3H3,(H,10,12). The predicted molar refractivity (Wildman–Crippen MR) is 49.1 cm³/mol. The summed E-state index contributed by atoms with van der Waals surface area (Å²) in [4.78, 5) is 45.4. The lowest BCUT2D eigenvalue weighted by molar-refractivity contribution is -0.181. The number of carbonyl (C=O) groups excluding carboxylic acids is 4. The molecule has 1 amide bonds. The summed E-state index contributed by atoms with van der Waals surface area (Å²) in [5.74, 6) is -4.70. The van der Waals surface area contributed by atoms with Crippen LogP contribution in [0.15, 0.2) is 0 Å². The van der Waals surface area contributed by atoms with Crippen LogP contribution in [0.5, 0.6) is 0 Å². The SMILES string of the molecule is COC(=O)C1(C(=O)OC)NC(=O)C1C(C)=O. The zero-order valence-corrected chi connectivity index (χ0v) is 9.03. The Balaban J connectivity index is 3.17. The number of β-lactam (4-membered cyclic amide) rings is 1. The second-order valence-corrected chi connectivity index (χ2v) is 3.32. The molecule has 1 unspecified atom stereocenters. The van der Waals surface area contributed by atoms with E-state index in [1.165, 1.54) is 0 Å². The number of nitrogens with one attached hydrogen (secondary N) is 1. The number of rotatable bonds is 3. The van der Waals surface area contributed by atoms with Crippen molar-refractivity contribution in [3.63, 3.8) is 0 Å². The molecule has 16 heavy (non-hydrogen) atoms. The second kappa shape index (κ2) is 3.92. The third-order valence-corrected chi connectivity index (χ3v) is 2.44. The molecule has 1 aliphatic heterocycles. The van der Waals surface area contributed by atoms with Gasteiger partial charge < -0.3 is 14.8 Å². The number of methoxy groups -OCH3 is 2. The molecular formula is C9H11NO6. The summed E-state index contributed by atoms with van der Waals surface area (Å²) in [5, 5.41) is 2.08. The van der Waals surface area contributed by atoms with E-state index in [4.69, 9.17) is 0 Å². The largest absolute Gasteiger partial charge is 0.467 e. The molecule has 1 fully saturated rings. The monoisotopic (exact) mass is 229 g/mol. The minimum atomic E-state index is -2.02. The molecule has 0 bridgehead atoms. The lowest BCUT2D eigenvalue weighted by atomic mass is 9.73. The van der Waals surface area contributed by atoms with Gasteiger partial charge >= 0.3 is 11.9 Å². The zero-order valence-electron chi connectivity index (χ0n) is 9.03. The van der Waals surface area contributed by atoms with Crippen molar-refractivity contribution in [3.8, 4) is 0 Å². The van der Waals surface area contributed by atoms with Crippen molar-refractivity contribution >= 4 is 23.6 Å². The van der Waals surface area contributed by atoms with Crippen LogP contribution in [0.25, 0.3) is 0 Å². The van der Waals surface area contributed by atoms with Gasteiger partial charge in [0.2, 0.25) is 5.91 Å². The molecule has 1 rings (SSSR count). The van der Waals surface area contributed by atoms with Crippen LogP contribution in [-0.4, -0.2) is 43.4 Å².